The first-order valence-electron chi connectivity index (χ1n) is 6.24. The van der Waals surface area contributed by atoms with Crippen LogP contribution in [0.5, 0.6) is 0 Å². The Labute approximate surface area is 121 Å². The summed E-state index contributed by atoms with van der Waals surface area (Å²) in [6, 6.07) is 6.64. The number of amides is 2. The smallest absolute Gasteiger partial charge is 0.305 e. The molecule has 0 saturated carbocycles. The number of halogens is 1. The van der Waals surface area contributed by atoms with Gasteiger partial charge in [0.05, 0.1) is 0 Å². The fraction of sp³-hybridized carbons (Fsp3) is 0.286. The van der Waals surface area contributed by atoms with Gasteiger partial charge in [-0.3, -0.25) is 20.4 Å². The Morgan fingerprint density at radius 1 is 1.25 bits per heavy atom. The molecule has 0 atom stereocenters. The molecule has 5 nitrogen and oxygen atoms in total. The molecule has 0 aliphatic heterocycles. The van der Waals surface area contributed by atoms with Crippen LogP contribution in [0.3, 0.4) is 0 Å². The van der Waals surface area contributed by atoms with E-state index in [1.807, 2.05) is 13.8 Å². The van der Waals surface area contributed by atoms with Crippen molar-refractivity contribution in [1.29, 1.82) is 0 Å². The average Bonchev–Trinajstić information content (AvgIpc) is 2.78. The second-order valence-corrected chi connectivity index (χ2v) is 5.33. The Bertz CT molecular complexity index is 649. The Hall–Kier alpha value is -2.01. The van der Waals surface area contributed by atoms with Crippen molar-refractivity contribution in [3.63, 3.8) is 0 Å². The molecule has 6 heteroatoms. The van der Waals surface area contributed by atoms with Gasteiger partial charge in [-0.25, -0.2) is 0 Å². The van der Waals surface area contributed by atoms with Crippen molar-refractivity contribution in [3.8, 4) is 0 Å². The second kappa shape index (κ2) is 5.96. The molecule has 1 aromatic carbocycles. The van der Waals surface area contributed by atoms with E-state index in [0.29, 0.717) is 17.0 Å². The lowest BCUT2D eigenvalue weighted by Gasteiger charge is -2.07. The SMILES string of the molecule is CC(C)CC(=O)NNC(=O)c1cc2cc(Cl)ccc2o1. The highest BCUT2D eigenvalue weighted by atomic mass is 35.5. The van der Waals surface area contributed by atoms with Gasteiger partial charge in [0.1, 0.15) is 5.58 Å². The van der Waals surface area contributed by atoms with Crippen LogP contribution in [-0.2, 0) is 4.79 Å². The number of hydrazine groups is 1. The molecule has 2 aromatic rings. The van der Waals surface area contributed by atoms with Crippen LogP contribution in [-0.4, -0.2) is 11.8 Å². The summed E-state index contributed by atoms with van der Waals surface area (Å²) in [6.07, 6.45) is 0.343. The predicted molar refractivity (Wildman–Crippen MR) is 76.3 cm³/mol. The number of hydrogen-bond donors (Lipinski definition) is 2. The maximum absolute atomic E-state index is 11.8. The number of fused-ring (bicyclic) bond motifs is 1. The van der Waals surface area contributed by atoms with Crippen molar-refractivity contribution in [2.45, 2.75) is 20.3 Å². The van der Waals surface area contributed by atoms with Gasteiger partial charge in [-0.15, -0.1) is 0 Å². The van der Waals surface area contributed by atoms with E-state index in [1.54, 1.807) is 24.3 Å². The zero-order valence-corrected chi connectivity index (χ0v) is 12.0. The standard InChI is InChI=1S/C14H15ClN2O3/c1-8(2)5-13(18)16-17-14(19)12-7-9-6-10(15)3-4-11(9)20-12/h3-4,6-8H,5H2,1-2H3,(H,16,18)(H,17,19). The number of hydrogen-bond acceptors (Lipinski definition) is 3. The van der Waals surface area contributed by atoms with Crippen LogP contribution in [0.2, 0.25) is 5.02 Å². The summed E-state index contributed by atoms with van der Waals surface area (Å²) in [4.78, 5) is 23.3. The van der Waals surface area contributed by atoms with E-state index >= 15 is 0 Å². The molecule has 1 heterocycles. The number of nitrogens with one attached hydrogen (secondary N) is 2. The summed E-state index contributed by atoms with van der Waals surface area (Å²) in [5.41, 5.74) is 5.22. The monoisotopic (exact) mass is 294 g/mol. The van der Waals surface area contributed by atoms with Gasteiger partial charge in [-0.2, -0.15) is 0 Å². The highest BCUT2D eigenvalue weighted by molar-refractivity contribution is 6.31. The van der Waals surface area contributed by atoms with Crippen LogP contribution >= 0.6 is 11.6 Å². The van der Waals surface area contributed by atoms with Crippen LogP contribution in [0.25, 0.3) is 11.0 Å². The molecule has 0 radical (unpaired) electrons. The molecule has 2 N–H and O–H groups in total. The van der Waals surface area contributed by atoms with E-state index < -0.39 is 5.91 Å². The van der Waals surface area contributed by atoms with Crippen molar-refractivity contribution in [1.82, 2.24) is 10.9 Å². The van der Waals surface area contributed by atoms with Gasteiger partial charge in [0.2, 0.25) is 5.91 Å². The predicted octanol–water partition coefficient (Wildman–Crippen LogP) is 2.89. The first-order chi connectivity index (χ1) is 9.45. The van der Waals surface area contributed by atoms with Crippen molar-refractivity contribution in [2.24, 2.45) is 5.92 Å². The van der Waals surface area contributed by atoms with Crippen LogP contribution < -0.4 is 10.9 Å². The first-order valence-corrected chi connectivity index (χ1v) is 6.62. The molecule has 0 saturated heterocycles. The minimum atomic E-state index is -0.505. The highest BCUT2D eigenvalue weighted by Crippen LogP contribution is 2.22. The topological polar surface area (TPSA) is 71.3 Å². The van der Waals surface area contributed by atoms with E-state index in [2.05, 4.69) is 10.9 Å². The minimum Gasteiger partial charge on any atom is -0.451 e. The van der Waals surface area contributed by atoms with Gasteiger partial charge in [0.15, 0.2) is 5.76 Å². The number of carbonyl (C=O) groups excluding carboxylic acids is 2. The first kappa shape index (κ1) is 14.4. The molecular weight excluding hydrogens is 280 g/mol. The lowest BCUT2D eigenvalue weighted by atomic mass is 10.1. The quantitative estimate of drug-likeness (QED) is 0.855. The maximum atomic E-state index is 11.8. The van der Waals surface area contributed by atoms with Crippen LogP contribution in [0.15, 0.2) is 28.7 Å². The zero-order chi connectivity index (χ0) is 14.7. The van der Waals surface area contributed by atoms with E-state index in [1.165, 1.54) is 0 Å². The van der Waals surface area contributed by atoms with Crippen LogP contribution in [0.1, 0.15) is 30.8 Å². The fourth-order valence-corrected chi connectivity index (χ4v) is 1.92. The van der Waals surface area contributed by atoms with Crippen molar-refractivity contribution < 1.29 is 14.0 Å². The largest absolute Gasteiger partial charge is 0.451 e. The Balaban J connectivity index is 2.02. The summed E-state index contributed by atoms with van der Waals surface area (Å²) in [5.74, 6) is -0.408. The fourth-order valence-electron chi connectivity index (χ4n) is 1.74. The van der Waals surface area contributed by atoms with Crippen LogP contribution in [0.4, 0.5) is 0 Å². The third-order valence-corrected chi connectivity index (χ3v) is 2.85. The number of benzene rings is 1. The van der Waals surface area contributed by atoms with Gasteiger partial charge in [0, 0.05) is 16.8 Å². The third-order valence-electron chi connectivity index (χ3n) is 2.61. The molecule has 0 aliphatic rings. The molecule has 0 spiro atoms. The number of carbonyl (C=O) groups is 2. The maximum Gasteiger partial charge on any atom is 0.305 e. The van der Waals surface area contributed by atoms with E-state index in [9.17, 15) is 9.59 Å². The molecule has 0 unspecified atom stereocenters. The van der Waals surface area contributed by atoms with E-state index in [4.69, 9.17) is 16.0 Å². The molecule has 106 valence electrons. The molecular formula is C14H15ClN2O3. The number of rotatable bonds is 3. The Morgan fingerprint density at radius 3 is 2.70 bits per heavy atom. The van der Waals surface area contributed by atoms with E-state index in [-0.39, 0.29) is 17.6 Å². The van der Waals surface area contributed by atoms with Crippen molar-refractivity contribution in [3.05, 3.63) is 35.0 Å². The minimum absolute atomic E-state index is 0.118. The van der Waals surface area contributed by atoms with Gasteiger partial charge < -0.3 is 4.42 Å². The molecule has 2 amide bonds. The Morgan fingerprint density at radius 2 is 2.00 bits per heavy atom. The molecule has 20 heavy (non-hydrogen) atoms. The van der Waals surface area contributed by atoms with Gasteiger partial charge >= 0.3 is 5.91 Å². The van der Waals surface area contributed by atoms with Crippen molar-refractivity contribution in [2.75, 3.05) is 0 Å². The normalized spacial score (nSPS) is 10.8. The van der Waals surface area contributed by atoms with Gasteiger partial charge in [-0.1, -0.05) is 25.4 Å². The van der Waals surface area contributed by atoms with Crippen LogP contribution in [0, 0.1) is 5.92 Å². The lowest BCUT2D eigenvalue weighted by molar-refractivity contribution is -0.122. The summed E-state index contributed by atoms with van der Waals surface area (Å²) in [6.45, 7) is 3.84. The number of furan rings is 1. The third kappa shape index (κ3) is 3.51. The summed E-state index contributed by atoms with van der Waals surface area (Å²) in [5, 5.41) is 1.30. The molecule has 1 aromatic heterocycles. The Kier molecular flexibility index (Phi) is 4.29. The second-order valence-electron chi connectivity index (χ2n) is 4.89. The van der Waals surface area contributed by atoms with Crippen molar-refractivity contribution >= 4 is 34.4 Å². The lowest BCUT2D eigenvalue weighted by Crippen LogP contribution is -2.41. The summed E-state index contributed by atoms with van der Waals surface area (Å²) in [7, 11) is 0. The summed E-state index contributed by atoms with van der Waals surface area (Å²) >= 11 is 5.86. The van der Waals surface area contributed by atoms with Gasteiger partial charge in [-0.05, 0) is 30.2 Å². The molecule has 0 aliphatic carbocycles. The molecule has 0 fully saturated rings. The molecule has 0 bridgehead atoms. The molecule has 2 rings (SSSR count). The van der Waals surface area contributed by atoms with Gasteiger partial charge in [0.25, 0.3) is 0 Å². The average molecular weight is 295 g/mol. The van der Waals surface area contributed by atoms with E-state index in [0.717, 1.165) is 5.39 Å². The highest BCUT2D eigenvalue weighted by Gasteiger charge is 2.13. The zero-order valence-electron chi connectivity index (χ0n) is 11.2. The summed E-state index contributed by atoms with van der Waals surface area (Å²) < 4.78 is 5.38.